The van der Waals surface area contributed by atoms with Crippen LogP contribution >= 0.6 is 11.8 Å². The van der Waals surface area contributed by atoms with Crippen molar-refractivity contribution >= 4 is 46.0 Å². The third-order valence-electron chi connectivity index (χ3n) is 8.40. The molecule has 2 amide bonds. The number of carbonyl (C=O) groups is 3. The molecule has 0 radical (unpaired) electrons. The van der Waals surface area contributed by atoms with E-state index in [9.17, 15) is 19.5 Å². The summed E-state index contributed by atoms with van der Waals surface area (Å²) in [5, 5.41) is 12.1. The molecule has 3 saturated heterocycles. The highest BCUT2D eigenvalue weighted by Crippen LogP contribution is 2.67. The van der Waals surface area contributed by atoms with Gasteiger partial charge >= 0.3 is 5.97 Å². The Morgan fingerprint density at radius 3 is 2.72 bits per heavy atom. The molecule has 5 rings (SSSR count). The zero-order valence-electron chi connectivity index (χ0n) is 22.3. The molecular formula is C31H36N2O5S. The Kier molecular flexibility index (Phi) is 7.87. The van der Waals surface area contributed by atoms with Crippen LogP contribution in [0, 0.1) is 11.8 Å². The zero-order chi connectivity index (χ0) is 27.7. The first-order chi connectivity index (χ1) is 18.9. The van der Waals surface area contributed by atoms with Crippen molar-refractivity contribution in [1.82, 2.24) is 4.90 Å². The monoisotopic (exact) mass is 548 g/mol. The third-order valence-corrected chi connectivity index (χ3v) is 10.4. The SMILES string of the molecule is C=CCCCOC(=O)[C@@H]1[C@@H]2CCC3(S2)C(C(=O)N(CC=C)c2ccc4ccccc4c2)N([C@H](C)CO)C(=O)[C@H]13. The largest absolute Gasteiger partial charge is 0.465 e. The summed E-state index contributed by atoms with van der Waals surface area (Å²) in [5.41, 5.74) is 0.721. The minimum Gasteiger partial charge on any atom is -0.465 e. The molecule has 206 valence electrons. The number of thioether (sulfide) groups is 1. The Hall–Kier alpha value is -3.10. The lowest BCUT2D eigenvalue weighted by Crippen LogP contribution is -2.57. The number of allylic oxidation sites excluding steroid dienone is 1. The number of hydrogen-bond acceptors (Lipinski definition) is 6. The number of likely N-dealkylation sites (tertiary alicyclic amines) is 1. The summed E-state index contributed by atoms with van der Waals surface area (Å²) in [6, 6.07) is 12.5. The van der Waals surface area contributed by atoms with Crippen LogP contribution in [-0.4, -0.2) is 69.6 Å². The van der Waals surface area contributed by atoms with Gasteiger partial charge in [-0.1, -0.05) is 42.5 Å². The zero-order valence-corrected chi connectivity index (χ0v) is 23.1. The number of rotatable bonds is 11. The Morgan fingerprint density at radius 1 is 1.23 bits per heavy atom. The van der Waals surface area contributed by atoms with Crippen LogP contribution in [0.25, 0.3) is 10.8 Å². The van der Waals surface area contributed by atoms with Gasteiger partial charge in [0, 0.05) is 17.5 Å². The second-order valence-electron chi connectivity index (χ2n) is 10.7. The molecule has 0 aliphatic carbocycles. The highest BCUT2D eigenvalue weighted by atomic mass is 32.2. The van der Waals surface area contributed by atoms with Gasteiger partial charge in [-0.05, 0) is 55.5 Å². The van der Waals surface area contributed by atoms with Crippen molar-refractivity contribution in [2.24, 2.45) is 11.8 Å². The Balaban J connectivity index is 1.52. The van der Waals surface area contributed by atoms with Crippen LogP contribution in [0.2, 0.25) is 0 Å². The Bertz CT molecular complexity index is 1300. The normalized spacial score (nSPS) is 27.8. The van der Waals surface area contributed by atoms with Crippen LogP contribution < -0.4 is 4.90 Å². The molecule has 2 unspecified atom stereocenters. The maximum absolute atomic E-state index is 14.6. The van der Waals surface area contributed by atoms with Gasteiger partial charge in [0.15, 0.2) is 0 Å². The summed E-state index contributed by atoms with van der Waals surface area (Å²) in [5.74, 6) is -2.07. The second-order valence-corrected chi connectivity index (χ2v) is 12.3. The summed E-state index contributed by atoms with van der Waals surface area (Å²) < 4.78 is 4.87. The number of amides is 2. The van der Waals surface area contributed by atoms with Gasteiger partial charge in [0.1, 0.15) is 6.04 Å². The Labute approximate surface area is 233 Å². The molecule has 39 heavy (non-hydrogen) atoms. The number of fused-ring (bicyclic) bond motifs is 2. The minimum atomic E-state index is -0.808. The highest BCUT2D eigenvalue weighted by molar-refractivity contribution is 8.02. The predicted molar refractivity (Wildman–Crippen MR) is 154 cm³/mol. The van der Waals surface area contributed by atoms with E-state index in [0.717, 1.165) is 29.3 Å². The summed E-state index contributed by atoms with van der Waals surface area (Å²) in [6.07, 6.45) is 6.29. The van der Waals surface area contributed by atoms with E-state index >= 15 is 0 Å². The molecule has 3 fully saturated rings. The fourth-order valence-corrected chi connectivity index (χ4v) is 8.83. The summed E-state index contributed by atoms with van der Waals surface area (Å²) in [7, 11) is 0. The lowest BCUT2D eigenvalue weighted by atomic mass is 9.71. The minimum absolute atomic E-state index is 0.0683. The molecule has 2 aromatic carbocycles. The molecule has 3 aliphatic rings. The average molecular weight is 549 g/mol. The lowest BCUT2D eigenvalue weighted by molar-refractivity contribution is -0.154. The first kappa shape index (κ1) is 27.5. The van der Waals surface area contributed by atoms with Crippen molar-refractivity contribution in [2.75, 3.05) is 24.7 Å². The molecule has 0 saturated carbocycles. The van der Waals surface area contributed by atoms with E-state index in [2.05, 4.69) is 13.2 Å². The number of unbranched alkanes of at least 4 members (excludes halogenated alkanes) is 1. The van der Waals surface area contributed by atoms with E-state index in [0.29, 0.717) is 12.8 Å². The fraction of sp³-hybridized carbons (Fsp3) is 0.452. The van der Waals surface area contributed by atoms with Gasteiger partial charge in [0.05, 0.1) is 35.8 Å². The predicted octanol–water partition coefficient (Wildman–Crippen LogP) is 4.34. The van der Waals surface area contributed by atoms with Gasteiger partial charge < -0.3 is 19.6 Å². The fourth-order valence-electron chi connectivity index (χ4n) is 6.64. The molecule has 8 heteroatoms. The van der Waals surface area contributed by atoms with Crippen molar-refractivity contribution in [3.05, 3.63) is 67.8 Å². The van der Waals surface area contributed by atoms with Crippen molar-refractivity contribution in [3.63, 3.8) is 0 Å². The smallest absolute Gasteiger partial charge is 0.310 e. The van der Waals surface area contributed by atoms with Crippen LogP contribution in [0.5, 0.6) is 0 Å². The summed E-state index contributed by atoms with van der Waals surface area (Å²) in [4.78, 5) is 45.1. The van der Waals surface area contributed by atoms with Crippen LogP contribution in [0.3, 0.4) is 0 Å². The van der Waals surface area contributed by atoms with E-state index in [-0.39, 0.29) is 42.8 Å². The van der Waals surface area contributed by atoms with Crippen LogP contribution in [0.1, 0.15) is 32.6 Å². The molecule has 1 spiro atoms. The summed E-state index contributed by atoms with van der Waals surface area (Å²) >= 11 is 1.60. The average Bonchev–Trinajstić information content (AvgIpc) is 3.60. The van der Waals surface area contributed by atoms with Crippen molar-refractivity contribution < 1.29 is 24.2 Å². The molecule has 2 bridgehead atoms. The van der Waals surface area contributed by atoms with Crippen molar-refractivity contribution in [3.8, 4) is 0 Å². The first-order valence-corrected chi connectivity index (χ1v) is 14.6. The van der Waals surface area contributed by atoms with Gasteiger partial charge in [-0.25, -0.2) is 0 Å². The molecule has 1 N–H and O–H groups in total. The van der Waals surface area contributed by atoms with E-state index in [1.807, 2.05) is 42.5 Å². The molecule has 3 aliphatic heterocycles. The molecule has 0 aromatic heterocycles. The summed E-state index contributed by atoms with van der Waals surface area (Å²) in [6.45, 7) is 9.61. The van der Waals surface area contributed by atoms with Crippen LogP contribution in [0.4, 0.5) is 5.69 Å². The van der Waals surface area contributed by atoms with Gasteiger partial charge in [-0.3, -0.25) is 14.4 Å². The van der Waals surface area contributed by atoms with Crippen LogP contribution in [0.15, 0.2) is 67.8 Å². The lowest BCUT2D eigenvalue weighted by Gasteiger charge is -2.38. The molecule has 6 atom stereocenters. The van der Waals surface area contributed by atoms with Gasteiger partial charge in [0.2, 0.25) is 5.91 Å². The van der Waals surface area contributed by atoms with Gasteiger partial charge in [-0.2, -0.15) is 0 Å². The quantitative estimate of drug-likeness (QED) is 0.255. The van der Waals surface area contributed by atoms with Crippen molar-refractivity contribution in [2.45, 2.75) is 54.7 Å². The number of benzene rings is 2. The Morgan fingerprint density at radius 2 is 2.00 bits per heavy atom. The topological polar surface area (TPSA) is 87.2 Å². The third kappa shape index (κ3) is 4.57. The van der Waals surface area contributed by atoms with Crippen LogP contribution in [-0.2, 0) is 19.1 Å². The van der Waals surface area contributed by atoms with E-state index < -0.39 is 28.7 Å². The maximum Gasteiger partial charge on any atom is 0.310 e. The number of aliphatic hydroxyl groups is 1. The number of ether oxygens (including phenoxy) is 1. The van der Waals surface area contributed by atoms with E-state index in [1.54, 1.807) is 40.6 Å². The van der Waals surface area contributed by atoms with Gasteiger partial charge in [-0.15, -0.1) is 24.9 Å². The number of anilines is 1. The maximum atomic E-state index is 14.6. The molecule has 2 aromatic rings. The molecule has 7 nitrogen and oxygen atoms in total. The second kappa shape index (κ2) is 11.2. The van der Waals surface area contributed by atoms with Gasteiger partial charge in [0.25, 0.3) is 5.91 Å². The number of esters is 1. The van der Waals surface area contributed by atoms with E-state index in [1.165, 1.54) is 0 Å². The molecular weight excluding hydrogens is 512 g/mol. The number of hydrogen-bond donors (Lipinski definition) is 1. The highest BCUT2D eigenvalue weighted by Gasteiger charge is 2.74. The molecule has 3 heterocycles. The number of carbonyl (C=O) groups excluding carboxylic acids is 3. The first-order valence-electron chi connectivity index (χ1n) is 13.7. The van der Waals surface area contributed by atoms with E-state index in [4.69, 9.17) is 4.74 Å². The number of nitrogens with zero attached hydrogens (tertiary/aromatic N) is 2. The number of aliphatic hydroxyl groups excluding tert-OH is 1. The van der Waals surface area contributed by atoms with Crippen molar-refractivity contribution in [1.29, 1.82) is 0 Å². The standard InChI is InChI=1S/C31H36N2O5S/c1-4-6-9-17-38-30(37)25-24-14-15-31(39-24)26(25)28(35)33(20(3)19-34)27(31)29(36)32(16-5-2)23-13-12-21-10-7-8-11-22(21)18-23/h4-5,7-8,10-13,18,20,24-27,34H,1-2,6,9,14-17,19H2,3H3/t20-,24+,25-,26+,27?,31?/m1/s1.